The molecule has 0 radical (unpaired) electrons. The highest BCUT2D eigenvalue weighted by Crippen LogP contribution is 2.26. The molecule has 0 aliphatic rings. The number of halogens is 2. The fraction of sp³-hybridized carbons (Fsp3) is 0.211. The Bertz CT molecular complexity index is 1140. The van der Waals surface area contributed by atoms with E-state index in [9.17, 15) is 14.9 Å². The van der Waals surface area contributed by atoms with E-state index in [0.717, 1.165) is 0 Å². The SMILES string of the molecule is Cc1cc([N+](=O)[O-])ccc1NC(=O)CSc1nnc(CNc2cc(Cl)ccc2Cl)n1C. The van der Waals surface area contributed by atoms with Gasteiger partial charge in [0.2, 0.25) is 5.91 Å². The van der Waals surface area contributed by atoms with Gasteiger partial charge in [-0.2, -0.15) is 0 Å². The van der Waals surface area contributed by atoms with Crippen molar-refractivity contribution in [2.24, 2.45) is 7.05 Å². The van der Waals surface area contributed by atoms with Crippen LogP contribution in [0.15, 0.2) is 41.6 Å². The highest BCUT2D eigenvalue weighted by molar-refractivity contribution is 7.99. The lowest BCUT2D eigenvalue weighted by atomic mass is 10.2. The van der Waals surface area contributed by atoms with Crippen LogP contribution >= 0.6 is 35.0 Å². The number of thioether (sulfide) groups is 1. The van der Waals surface area contributed by atoms with E-state index in [1.54, 1.807) is 36.7 Å². The number of aromatic nitrogens is 3. The summed E-state index contributed by atoms with van der Waals surface area (Å²) < 4.78 is 1.78. The second kappa shape index (κ2) is 9.99. The van der Waals surface area contributed by atoms with Gasteiger partial charge in [0.15, 0.2) is 11.0 Å². The standard InChI is InChI=1S/C19H18Cl2N6O3S/c1-11-7-13(27(29)30)4-6-15(11)23-18(28)10-31-19-25-24-17(26(19)2)9-22-16-8-12(20)3-5-14(16)21/h3-8,22H,9-10H2,1-2H3,(H,23,28). The van der Waals surface area contributed by atoms with E-state index in [1.807, 2.05) is 0 Å². The summed E-state index contributed by atoms with van der Waals surface area (Å²) in [6.45, 7) is 2.07. The molecule has 1 aromatic heterocycles. The summed E-state index contributed by atoms with van der Waals surface area (Å²) in [5.74, 6) is 0.510. The van der Waals surface area contributed by atoms with Crippen LogP contribution in [0.25, 0.3) is 0 Å². The van der Waals surface area contributed by atoms with Gasteiger partial charge >= 0.3 is 0 Å². The molecule has 0 saturated carbocycles. The zero-order chi connectivity index (χ0) is 22.5. The van der Waals surface area contributed by atoms with Crippen molar-refractivity contribution in [1.29, 1.82) is 0 Å². The molecule has 162 valence electrons. The fourth-order valence-corrected chi connectivity index (χ4v) is 3.74. The molecule has 31 heavy (non-hydrogen) atoms. The maximum Gasteiger partial charge on any atom is 0.269 e. The number of carbonyl (C=O) groups is 1. The predicted molar refractivity (Wildman–Crippen MR) is 122 cm³/mol. The van der Waals surface area contributed by atoms with Crippen molar-refractivity contribution in [3.8, 4) is 0 Å². The Hall–Kier alpha value is -2.82. The Morgan fingerprint density at radius 1 is 1.19 bits per heavy atom. The van der Waals surface area contributed by atoms with Gasteiger partial charge < -0.3 is 15.2 Å². The molecule has 2 N–H and O–H groups in total. The van der Waals surface area contributed by atoms with E-state index in [2.05, 4.69) is 20.8 Å². The number of nitro benzene ring substituents is 1. The number of benzene rings is 2. The highest BCUT2D eigenvalue weighted by Gasteiger charge is 2.14. The minimum absolute atomic E-state index is 0.0239. The minimum Gasteiger partial charge on any atom is -0.376 e. The van der Waals surface area contributed by atoms with Crippen LogP contribution in [0.1, 0.15) is 11.4 Å². The molecule has 0 aliphatic heterocycles. The van der Waals surface area contributed by atoms with Crippen LogP contribution in [0.5, 0.6) is 0 Å². The third-order valence-electron chi connectivity index (χ3n) is 4.32. The monoisotopic (exact) mass is 480 g/mol. The van der Waals surface area contributed by atoms with Crippen molar-refractivity contribution in [3.05, 3.63) is 67.9 Å². The van der Waals surface area contributed by atoms with Crippen LogP contribution in [-0.4, -0.2) is 31.3 Å². The molecule has 12 heteroatoms. The number of hydrogen-bond donors (Lipinski definition) is 2. The third kappa shape index (κ3) is 5.87. The summed E-state index contributed by atoms with van der Waals surface area (Å²) in [6.07, 6.45) is 0. The van der Waals surface area contributed by atoms with Gasteiger partial charge in [0.1, 0.15) is 0 Å². The van der Waals surface area contributed by atoms with Gasteiger partial charge in [-0.05, 0) is 36.8 Å². The van der Waals surface area contributed by atoms with Crippen molar-refractivity contribution < 1.29 is 9.72 Å². The van der Waals surface area contributed by atoms with Crippen molar-refractivity contribution in [3.63, 3.8) is 0 Å². The lowest BCUT2D eigenvalue weighted by Crippen LogP contribution is -2.15. The number of amides is 1. The average molecular weight is 481 g/mol. The molecule has 0 atom stereocenters. The summed E-state index contributed by atoms with van der Waals surface area (Å²) in [4.78, 5) is 22.6. The van der Waals surface area contributed by atoms with Crippen LogP contribution in [0.3, 0.4) is 0 Å². The van der Waals surface area contributed by atoms with E-state index < -0.39 is 4.92 Å². The molecule has 1 amide bonds. The predicted octanol–water partition coefficient (Wildman–Crippen LogP) is 4.68. The van der Waals surface area contributed by atoms with Crippen LogP contribution in [0.4, 0.5) is 17.1 Å². The number of hydrogen-bond acceptors (Lipinski definition) is 7. The number of nitrogens with one attached hydrogen (secondary N) is 2. The molecular weight excluding hydrogens is 463 g/mol. The van der Waals surface area contributed by atoms with E-state index in [0.29, 0.717) is 44.5 Å². The number of rotatable bonds is 8. The number of anilines is 2. The molecule has 0 saturated heterocycles. The Morgan fingerprint density at radius 2 is 1.97 bits per heavy atom. The lowest BCUT2D eigenvalue weighted by molar-refractivity contribution is -0.384. The molecule has 0 bridgehead atoms. The Kier molecular flexibility index (Phi) is 7.37. The van der Waals surface area contributed by atoms with Gasteiger partial charge in [-0.3, -0.25) is 14.9 Å². The van der Waals surface area contributed by atoms with Gasteiger partial charge in [0, 0.05) is 29.9 Å². The molecule has 2 aromatic carbocycles. The first-order chi connectivity index (χ1) is 14.7. The van der Waals surface area contributed by atoms with Crippen molar-refractivity contribution in [1.82, 2.24) is 14.8 Å². The molecular formula is C19H18Cl2N6O3S. The van der Waals surface area contributed by atoms with Gasteiger partial charge in [0.05, 0.1) is 27.9 Å². The van der Waals surface area contributed by atoms with Crippen molar-refractivity contribution >= 4 is 57.9 Å². The van der Waals surface area contributed by atoms with Crippen molar-refractivity contribution in [2.75, 3.05) is 16.4 Å². The third-order valence-corrected chi connectivity index (χ3v) is 5.90. The topological polar surface area (TPSA) is 115 Å². The first-order valence-electron chi connectivity index (χ1n) is 8.99. The quantitative estimate of drug-likeness (QED) is 0.273. The first kappa shape index (κ1) is 22.9. The number of aryl methyl sites for hydroxylation is 1. The average Bonchev–Trinajstić information content (AvgIpc) is 3.08. The van der Waals surface area contributed by atoms with Crippen LogP contribution in [0, 0.1) is 17.0 Å². The van der Waals surface area contributed by atoms with Crippen molar-refractivity contribution in [2.45, 2.75) is 18.6 Å². The summed E-state index contributed by atoms with van der Waals surface area (Å²) in [5.41, 5.74) is 1.80. The van der Waals surface area contributed by atoms with E-state index in [-0.39, 0.29) is 17.3 Å². The second-order valence-corrected chi connectivity index (χ2v) is 8.31. The lowest BCUT2D eigenvalue weighted by Gasteiger charge is -2.09. The summed E-state index contributed by atoms with van der Waals surface area (Å²) in [6, 6.07) is 9.41. The number of nitrogens with zero attached hydrogens (tertiary/aromatic N) is 4. The summed E-state index contributed by atoms with van der Waals surface area (Å²) in [7, 11) is 1.80. The van der Waals surface area contributed by atoms with E-state index >= 15 is 0 Å². The number of carbonyl (C=O) groups excluding carboxylic acids is 1. The van der Waals surface area contributed by atoms with Crippen LogP contribution < -0.4 is 10.6 Å². The largest absolute Gasteiger partial charge is 0.376 e. The summed E-state index contributed by atoms with van der Waals surface area (Å²) in [5, 5.41) is 26.7. The minimum atomic E-state index is -0.477. The Morgan fingerprint density at radius 3 is 2.68 bits per heavy atom. The van der Waals surface area contributed by atoms with Gasteiger partial charge in [-0.1, -0.05) is 35.0 Å². The molecule has 0 fully saturated rings. The fourth-order valence-electron chi connectivity index (χ4n) is 2.65. The number of non-ortho nitro benzene ring substituents is 1. The van der Waals surface area contributed by atoms with E-state index in [4.69, 9.17) is 23.2 Å². The molecule has 9 nitrogen and oxygen atoms in total. The normalized spacial score (nSPS) is 10.7. The maximum atomic E-state index is 12.3. The molecule has 3 rings (SSSR count). The van der Waals surface area contributed by atoms with Gasteiger partial charge in [-0.25, -0.2) is 0 Å². The van der Waals surface area contributed by atoms with E-state index in [1.165, 1.54) is 30.0 Å². The molecule has 0 spiro atoms. The van der Waals surface area contributed by atoms with Gasteiger partial charge in [0.25, 0.3) is 5.69 Å². The van der Waals surface area contributed by atoms with Crippen LogP contribution in [0.2, 0.25) is 10.0 Å². The number of nitro groups is 1. The Balaban J connectivity index is 1.56. The molecule has 1 heterocycles. The zero-order valence-corrected chi connectivity index (χ0v) is 18.9. The van der Waals surface area contributed by atoms with Crippen LogP contribution in [-0.2, 0) is 18.4 Å². The zero-order valence-electron chi connectivity index (χ0n) is 16.6. The molecule has 0 unspecified atom stereocenters. The Labute approximate surface area is 192 Å². The maximum absolute atomic E-state index is 12.3. The second-order valence-electron chi connectivity index (χ2n) is 6.53. The first-order valence-corrected chi connectivity index (χ1v) is 10.7. The van der Waals surface area contributed by atoms with Gasteiger partial charge in [-0.15, -0.1) is 10.2 Å². The smallest absolute Gasteiger partial charge is 0.269 e. The molecule has 3 aromatic rings. The molecule has 0 aliphatic carbocycles. The highest BCUT2D eigenvalue weighted by atomic mass is 35.5. The summed E-state index contributed by atoms with van der Waals surface area (Å²) >= 11 is 13.4.